The summed E-state index contributed by atoms with van der Waals surface area (Å²) in [4.78, 5) is 29.3. The fourth-order valence-corrected chi connectivity index (χ4v) is 3.83. The molecule has 2 aromatic rings. The number of carbonyl (C=O) groups is 2. The summed E-state index contributed by atoms with van der Waals surface area (Å²) in [6.07, 6.45) is 0.680. The Balaban J connectivity index is 1.61. The highest BCUT2D eigenvalue weighted by Gasteiger charge is 2.34. The predicted molar refractivity (Wildman–Crippen MR) is 113 cm³/mol. The molecular weight excluding hydrogens is 395 g/mol. The van der Waals surface area contributed by atoms with Gasteiger partial charge in [-0.05, 0) is 49.2 Å². The average molecular weight is 419 g/mol. The van der Waals surface area contributed by atoms with Gasteiger partial charge < -0.3 is 9.80 Å². The van der Waals surface area contributed by atoms with Crippen molar-refractivity contribution < 1.29 is 9.59 Å². The zero-order chi connectivity index (χ0) is 20.3. The van der Waals surface area contributed by atoms with Crippen LogP contribution in [0.25, 0.3) is 0 Å². The molecule has 2 atom stereocenters. The van der Waals surface area contributed by atoms with E-state index in [4.69, 9.17) is 23.2 Å². The van der Waals surface area contributed by atoms with Crippen LogP contribution in [0.5, 0.6) is 0 Å². The minimum Gasteiger partial charge on any atom is -0.336 e. The van der Waals surface area contributed by atoms with Crippen LogP contribution in [0.15, 0.2) is 48.5 Å². The molecule has 4 nitrogen and oxygen atoms in total. The van der Waals surface area contributed by atoms with Gasteiger partial charge in [0.05, 0.1) is 12.8 Å². The predicted octanol–water partition coefficient (Wildman–Crippen LogP) is 4.23. The first kappa shape index (κ1) is 20.7. The van der Waals surface area contributed by atoms with E-state index in [-0.39, 0.29) is 23.9 Å². The number of amides is 2. The number of hydrogen-bond acceptors (Lipinski definition) is 2. The Kier molecular flexibility index (Phi) is 6.63. The minimum atomic E-state index is -0.0230. The van der Waals surface area contributed by atoms with Crippen LogP contribution in [0.1, 0.15) is 25.0 Å². The first-order chi connectivity index (χ1) is 13.3. The molecule has 0 N–H and O–H groups in total. The van der Waals surface area contributed by atoms with Crippen LogP contribution in [-0.2, 0) is 22.4 Å². The number of hydrogen-bond donors (Lipinski definition) is 0. The van der Waals surface area contributed by atoms with E-state index in [1.54, 1.807) is 24.3 Å². The van der Waals surface area contributed by atoms with E-state index in [9.17, 15) is 9.59 Å². The number of halogens is 2. The van der Waals surface area contributed by atoms with Crippen molar-refractivity contribution in [2.75, 3.05) is 13.1 Å². The zero-order valence-electron chi connectivity index (χ0n) is 16.1. The van der Waals surface area contributed by atoms with Gasteiger partial charge in [-0.25, -0.2) is 0 Å². The Morgan fingerprint density at radius 1 is 0.750 bits per heavy atom. The Labute approximate surface area is 176 Å². The first-order valence-electron chi connectivity index (χ1n) is 9.41. The molecule has 1 aliphatic rings. The van der Waals surface area contributed by atoms with Crippen LogP contribution < -0.4 is 0 Å². The molecular formula is C22H24Cl2N2O2. The van der Waals surface area contributed by atoms with Crippen molar-refractivity contribution in [3.63, 3.8) is 0 Å². The Bertz CT molecular complexity index is 765. The lowest BCUT2D eigenvalue weighted by Gasteiger charge is -2.44. The van der Waals surface area contributed by atoms with Gasteiger partial charge >= 0.3 is 0 Å². The molecule has 6 heteroatoms. The summed E-state index contributed by atoms with van der Waals surface area (Å²) < 4.78 is 0. The van der Waals surface area contributed by atoms with Crippen molar-refractivity contribution in [3.05, 3.63) is 69.7 Å². The summed E-state index contributed by atoms with van der Waals surface area (Å²) in [6, 6.07) is 14.6. The molecule has 0 bridgehead atoms. The third kappa shape index (κ3) is 5.06. The van der Waals surface area contributed by atoms with Crippen LogP contribution in [0.3, 0.4) is 0 Å². The molecule has 1 saturated heterocycles. The van der Waals surface area contributed by atoms with Gasteiger partial charge in [0.2, 0.25) is 11.8 Å². The highest BCUT2D eigenvalue weighted by Crippen LogP contribution is 2.19. The van der Waals surface area contributed by atoms with Gasteiger partial charge in [0.15, 0.2) is 0 Å². The molecule has 2 aromatic carbocycles. The standard InChI is InChI=1S/C22H24Cl2N2O2/c1-15-13-26(22(28)12-18-5-9-20(24)10-6-18)16(2)14-25(15)21(27)11-17-3-7-19(23)8-4-17/h3-10,15-16H,11-14H2,1-2H3/t15-,16-/m0/s1. The van der Waals surface area contributed by atoms with E-state index in [1.165, 1.54) is 0 Å². The van der Waals surface area contributed by atoms with E-state index >= 15 is 0 Å². The molecule has 3 rings (SSSR count). The normalized spacial score (nSPS) is 19.6. The highest BCUT2D eigenvalue weighted by molar-refractivity contribution is 6.30. The van der Waals surface area contributed by atoms with Crippen LogP contribution in [0.4, 0.5) is 0 Å². The summed E-state index contributed by atoms with van der Waals surface area (Å²) in [5.74, 6) is 0.151. The van der Waals surface area contributed by atoms with Crippen LogP contribution >= 0.6 is 23.2 Å². The molecule has 0 aromatic heterocycles. The summed E-state index contributed by atoms with van der Waals surface area (Å²) in [6.45, 7) is 5.07. The summed E-state index contributed by atoms with van der Waals surface area (Å²) in [7, 11) is 0. The molecule has 1 heterocycles. The summed E-state index contributed by atoms with van der Waals surface area (Å²) >= 11 is 11.8. The first-order valence-corrected chi connectivity index (χ1v) is 10.2. The van der Waals surface area contributed by atoms with Crippen molar-refractivity contribution in [2.24, 2.45) is 0 Å². The van der Waals surface area contributed by atoms with Crippen molar-refractivity contribution >= 4 is 35.0 Å². The lowest BCUT2D eigenvalue weighted by atomic mass is 10.0. The van der Waals surface area contributed by atoms with E-state index in [1.807, 2.05) is 47.9 Å². The second-order valence-electron chi connectivity index (χ2n) is 7.40. The van der Waals surface area contributed by atoms with E-state index in [0.29, 0.717) is 36.0 Å². The molecule has 0 radical (unpaired) electrons. The average Bonchev–Trinajstić information content (AvgIpc) is 2.66. The smallest absolute Gasteiger partial charge is 0.227 e. The van der Waals surface area contributed by atoms with Crippen LogP contribution in [0, 0.1) is 0 Å². The zero-order valence-corrected chi connectivity index (χ0v) is 17.6. The second-order valence-corrected chi connectivity index (χ2v) is 8.27. The van der Waals surface area contributed by atoms with E-state index < -0.39 is 0 Å². The van der Waals surface area contributed by atoms with Crippen molar-refractivity contribution in [3.8, 4) is 0 Å². The SMILES string of the molecule is C[C@H]1CN(C(=O)Cc2ccc(Cl)cc2)[C@@H](C)CN1C(=O)Cc1ccc(Cl)cc1. The molecule has 148 valence electrons. The third-order valence-electron chi connectivity index (χ3n) is 5.16. The fourth-order valence-electron chi connectivity index (χ4n) is 3.58. The molecule has 1 aliphatic heterocycles. The molecule has 0 spiro atoms. The summed E-state index contributed by atoms with van der Waals surface area (Å²) in [5, 5.41) is 1.32. The van der Waals surface area contributed by atoms with Crippen molar-refractivity contribution in [1.29, 1.82) is 0 Å². The third-order valence-corrected chi connectivity index (χ3v) is 5.67. The van der Waals surface area contributed by atoms with Gasteiger partial charge in [-0.2, -0.15) is 0 Å². The Hall–Kier alpha value is -2.04. The molecule has 1 fully saturated rings. The Morgan fingerprint density at radius 2 is 1.07 bits per heavy atom. The van der Waals surface area contributed by atoms with Crippen molar-refractivity contribution in [1.82, 2.24) is 9.80 Å². The van der Waals surface area contributed by atoms with Gasteiger partial charge in [-0.15, -0.1) is 0 Å². The van der Waals surface area contributed by atoms with Gasteiger partial charge in [0.25, 0.3) is 0 Å². The number of piperazine rings is 1. The van der Waals surface area contributed by atoms with Crippen LogP contribution in [0.2, 0.25) is 10.0 Å². The van der Waals surface area contributed by atoms with E-state index in [2.05, 4.69) is 0 Å². The fraction of sp³-hybridized carbons (Fsp3) is 0.364. The maximum atomic E-state index is 12.8. The highest BCUT2D eigenvalue weighted by atomic mass is 35.5. The largest absolute Gasteiger partial charge is 0.336 e. The lowest BCUT2D eigenvalue weighted by Crippen LogP contribution is -2.60. The topological polar surface area (TPSA) is 40.6 Å². The molecule has 28 heavy (non-hydrogen) atoms. The van der Waals surface area contributed by atoms with Crippen molar-refractivity contribution in [2.45, 2.75) is 38.8 Å². The molecule has 2 amide bonds. The monoisotopic (exact) mass is 418 g/mol. The van der Waals surface area contributed by atoms with Gasteiger partial charge in [-0.3, -0.25) is 9.59 Å². The van der Waals surface area contributed by atoms with Gasteiger partial charge in [0.1, 0.15) is 0 Å². The van der Waals surface area contributed by atoms with Gasteiger partial charge in [0, 0.05) is 35.2 Å². The Morgan fingerprint density at radius 3 is 1.39 bits per heavy atom. The molecule has 0 aliphatic carbocycles. The maximum Gasteiger partial charge on any atom is 0.227 e. The number of nitrogens with zero attached hydrogens (tertiary/aromatic N) is 2. The van der Waals surface area contributed by atoms with E-state index in [0.717, 1.165) is 11.1 Å². The van der Waals surface area contributed by atoms with Gasteiger partial charge in [-0.1, -0.05) is 47.5 Å². The number of benzene rings is 2. The number of carbonyl (C=O) groups excluding carboxylic acids is 2. The quantitative estimate of drug-likeness (QED) is 0.745. The second kappa shape index (κ2) is 8.97. The maximum absolute atomic E-state index is 12.8. The number of rotatable bonds is 4. The molecule has 0 saturated carbocycles. The summed E-state index contributed by atoms with van der Waals surface area (Å²) in [5.41, 5.74) is 1.88. The lowest BCUT2D eigenvalue weighted by molar-refractivity contribution is -0.145. The molecule has 0 unspecified atom stereocenters. The van der Waals surface area contributed by atoms with Crippen LogP contribution in [-0.4, -0.2) is 46.8 Å². The minimum absolute atomic E-state index is 0.0230.